The maximum atomic E-state index is 12.5. The molecular weight excluding hydrogens is 286 g/mol. The number of nitrogens with zero attached hydrogens (tertiary/aromatic N) is 2. The second-order valence-electron chi connectivity index (χ2n) is 7.51. The smallest absolute Gasteiger partial charge is 0.236 e. The van der Waals surface area contributed by atoms with Crippen molar-refractivity contribution >= 4 is 5.91 Å². The summed E-state index contributed by atoms with van der Waals surface area (Å²) < 4.78 is 0. The van der Waals surface area contributed by atoms with Gasteiger partial charge in [-0.1, -0.05) is 45.0 Å². The second kappa shape index (κ2) is 7.45. The van der Waals surface area contributed by atoms with Crippen molar-refractivity contribution in [3.8, 4) is 0 Å². The van der Waals surface area contributed by atoms with Gasteiger partial charge in [-0.2, -0.15) is 0 Å². The van der Waals surface area contributed by atoms with E-state index in [1.807, 2.05) is 11.9 Å². The van der Waals surface area contributed by atoms with E-state index in [0.29, 0.717) is 13.1 Å². The van der Waals surface area contributed by atoms with Crippen LogP contribution in [-0.2, 0) is 17.8 Å². The molecule has 1 saturated heterocycles. The zero-order valence-electron chi connectivity index (χ0n) is 15.0. The lowest BCUT2D eigenvalue weighted by molar-refractivity contribution is -0.132. The molecule has 0 aromatic heterocycles. The first-order valence-corrected chi connectivity index (χ1v) is 8.61. The highest BCUT2D eigenvalue weighted by atomic mass is 16.2. The molecule has 23 heavy (non-hydrogen) atoms. The summed E-state index contributed by atoms with van der Waals surface area (Å²) in [7, 11) is 1.89. The van der Waals surface area contributed by atoms with Crippen LogP contribution in [0.2, 0.25) is 0 Å². The van der Waals surface area contributed by atoms with Crippen molar-refractivity contribution in [1.29, 1.82) is 0 Å². The van der Waals surface area contributed by atoms with Gasteiger partial charge in [-0.15, -0.1) is 0 Å². The van der Waals surface area contributed by atoms with Gasteiger partial charge in [-0.3, -0.25) is 9.69 Å². The molecule has 128 valence electrons. The number of piperidine rings is 1. The maximum Gasteiger partial charge on any atom is 0.236 e. The minimum absolute atomic E-state index is 0.0765. The molecule has 1 amide bonds. The number of rotatable bonds is 5. The van der Waals surface area contributed by atoms with Gasteiger partial charge in [0, 0.05) is 32.7 Å². The number of carbonyl (C=O) groups is 1. The van der Waals surface area contributed by atoms with E-state index < -0.39 is 0 Å². The van der Waals surface area contributed by atoms with Gasteiger partial charge in [0.15, 0.2) is 0 Å². The summed E-state index contributed by atoms with van der Waals surface area (Å²) in [5, 5.41) is 0. The van der Waals surface area contributed by atoms with Gasteiger partial charge in [0.05, 0.1) is 6.54 Å². The number of hydrogen-bond donors (Lipinski definition) is 1. The second-order valence-corrected chi connectivity index (χ2v) is 7.51. The van der Waals surface area contributed by atoms with Crippen LogP contribution in [0.3, 0.4) is 0 Å². The van der Waals surface area contributed by atoms with Crippen LogP contribution < -0.4 is 5.73 Å². The maximum absolute atomic E-state index is 12.5. The molecule has 2 rings (SSSR count). The molecule has 0 spiro atoms. The highest BCUT2D eigenvalue weighted by molar-refractivity contribution is 5.78. The number of benzene rings is 1. The molecule has 1 aliphatic rings. The Kier molecular flexibility index (Phi) is 5.82. The van der Waals surface area contributed by atoms with Crippen LogP contribution in [0, 0.1) is 5.41 Å². The molecule has 1 aliphatic heterocycles. The lowest BCUT2D eigenvalue weighted by atomic mass is 9.80. The van der Waals surface area contributed by atoms with Gasteiger partial charge in [0.2, 0.25) is 5.91 Å². The van der Waals surface area contributed by atoms with E-state index in [1.165, 1.54) is 11.1 Å². The Morgan fingerprint density at radius 1 is 1.30 bits per heavy atom. The highest BCUT2D eigenvalue weighted by Crippen LogP contribution is 2.27. The van der Waals surface area contributed by atoms with E-state index in [1.54, 1.807) is 0 Å². The summed E-state index contributed by atoms with van der Waals surface area (Å²) in [4.78, 5) is 16.5. The topological polar surface area (TPSA) is 49.6 Å². The lowest BCUT2D eigenvalue weighted by Crippen LogP contribution is -2.54. The van der Waals surface area contributed by atoms with Crippen molar-refractivity contribution in [2.45, 2.75) is 46.2 Å². The van der Waals surface area contributed by atoms with Crippen molar-refractivity contribution in [3.63, 3.8) is 0 Å². The normalized spacial score (nSPS) is 21.2. The predicted molar refractivity (Wildman–Crippen MR) is 95.1 cm³/mol. The molecule has 0 bridgehead atoms. The third-order valence-corrected chi connectivity index (χ3v) is 5.03. The summed E-state index contributed by atoms with van der Waals surface area (Å²) in [5.41, 5.74) is 8.75. The van der Waals surface area contributed by atoms with Crippen LogP contribution >= 0.6 is 0 Å². The van der Waals surface area contributed by atoms with Gasteiger partial charge in [-0.05, 0) is 29.4 Å². The SMILES string of the molecule is CCc1ccc(CN(C)C(=O)CN2CCC(N)C(C)(C)C2)cc1. The number of carbonyl (C=O) groups excluding carboxylic acids is 1. The third kappa shape index (κ3) is 4.79. The molecule has 0 aliphatic carbocycles. The van der Waals surface area contributed by atoms with Gasteiger partial charge in [-0.25, -0.2) is 0 Å². The largest absolute Gasteiger partial charge is 0.340 e. The van der Waals surface area contributed by atoms with Crippen LogP contribution in [0.25, 0.3) is 0 Å². The standard InChI is InChI=1S/C19H31N3O/c1-5-15-6-8-16(9-7-15)12-21(4)18(23)13-22-11-10-17(20)19(2,3)14-22/h6-9,17H,5,10-14,20H2,1-4H3. The molecule has 0 saturated carbocycles. The quantitative estimate of drug-likeness (QED) is 0.906. The molecular formula is C19H31N3O. The summed E-state index contributed by atoms with van der Waals surface area (Å²) in [6.07, 6.45) is 2.00. The molecule has 1 aromatic carbocycles. The van der Waals surface area contributed by atoms with Gasteiger partial charge in [0.1, 0.15) is 0 Å². The average Bonchev–Trinajstić information content (AvgIpc) is 2.51. The van der Waals surface area contributed by atoms with Crippen molar-refractivity contribution in [3.05, 3.63) is 35.4 Å². The fourth-order valence-electron chi connectivity index (χ4n) is 3.17. The molecule has 1 atom stereocenters. The van der Waals surface area contributed by atoms with Gasteiger partial charge < -0.3 is 10.6 Å². The van der Waals surface area contributed by atoms with Crippen molar-refractivity contribution < 1.29 is 4.79 Å². The summed E-state index contributed by atoms with van der Waals surface area (Å²) in [6.45, 7) is 9.48. The third-order valence-electron chi connectivity index (χ3n) is 5.03. The van der Waals surface area contributed by atoms with E-state index >= 15 is 0 Å². The number of likely N-dealkylation sites (N-methyl/N-ethyl adjacent to an activating group) is 1. The van der Waals surface area contributed by atoms with Crippen LogP contribution in [-0.4, -0.2) is 48.4 Å². The Balaban J connectivity index is 1.87. The molecule has 1 aromatic rings. The van der Waals surface area contributed by atoms with E-state index in [-0.39, 0.29) is 17.4 Å². The molecule has 4 heteroatoms. The highest BCUT2D eigenvalue weighted by Gasteiger charge is 2.34. The fourth-order valence-corrected chi connectivity index (χ4v) is 3.17. The van der Waals surface area contributed by atoms with Crippen LogP contribution in [0.1, 0.15) is 38.3 Å². The molecule has 2 N–H and O–H groups in total. The molecule has 1 unspecified atom stereocenters. The first-order chi connectivity index (χ1) is 10.8. The van der Waals surface area contributed by atoms with Crippen LogP contribution in [0.5, 0.6) is 0 Å². The number of aryl methyl sites for hydroxylation is 1. The van der Waals surface area contributed by atoms with Crippen molar-refractivity contribution in [2.24, 2.45) is 11.1 Å². The van der Waals surface area contributed by atoms with Crippen LogP contribution in [0.15, 0.2) is 24.3 Å². The van der Waals surface area contributed by atoms with Gasteiger partial charge in [0.25, 0.3) is 0 Å². The lowest BCUT2D eigenvalue weighted by Gasteiger charge is -2.42. The Morgan fingerprint density at radius 3 is 2.48 bits per heavy atom. The Hall–Kier alpha value is -1.39. The van der Waals surface area contributed by atoms with Crippen LogP contribution in [0.4, 0.5) is 0 Å². The molecule has 4 nitrogen and oxygen atoms in total. The molecule has 1 heterocycles. The number of nitrogens with two attached hydrogens (primary N) is 1. The van der Waals surface area contributed by atoms with Crippen molar-refractivity contribution in [2.75, 3.05) is 26.7 Å². The minimum Gasteiger partial charge on any atom is -0.340 e. The number of hydrogen-bond acceptors (Lipinski definition) is 3. The Morgan fingerprint density at radius 2 is 1.91 bits per heavy atom. The molecule has 0 radical (unpaired) electrons. The van der Waals surface area contributed by atoms with Crippen molar-refractivity contribution in [1.82, 2.24) is 9.80 Å². The van der Waals surface area contributed by atoms with E-state index in [9.17, 15) is 4.79 Å². The Labute approximate surface area is 140 Å². The van der Waals surface area contributed by atoms with E-state index in [2.05, 4.69) is 49.9 Å². The first kappa shape index (κ1) is 18.0. The van der Waals surface area contributed by atoms with E-state index in [0.717, 1.165) is 25.9 Å². The number of amides is 1. The van der Waals surface area contributed by atoms with Gasteiger partial charge >= 0.3 is 0 Å². The zero-order chi connectivity index (χ0) is 17.0. The summed E-state index contributed by atoms with van der Waals surface area (Å²) in [6, 6.07) is 8.74. The Bertz CT molecular complexity index is 524. The zero-order valence-corrected chi connectivity index (χ0v) is 15.0. The average molecular weight is 317 g/mol. The molecule has 1 fully saturated rings. The monoisotopic (exact) mass is 317 g/mol. The first-order valence-electron chi connectivity index (χ1n) is 8.61. The van der Waals surface area contributed by atoms with E-state index in [4.69, 9.17) is 5.73 Å². The number of likely N-dealkylation sites (tertiary alicyclic amines) is 1. The summed E-state index contributed by atoms with van der Waals surface area (Å²) in [5.74, 6) is 0.177. The fraction of sp³-hybridized carbons (Fsp3) is 0.632. The summed E-state index contributed by atoms with van der Waals surface area (Å²) >= 11 is 0. The minimum atomic E-state index is 0.0765. The predicted octanol–water partition coefficient (Wildman–Crippen LogP) is 2.27.